The summed E-state index contributed by atoms with van der Waals surface area (Å²) < 4.78 is 10.6. The maximum Gasteiger partial charge on any atom is 0.311 e. The fraction of sp³-hybridized carbons (Fsp3) is 0.556. The normalized spacial score (nSPS) is 27.3. The van der Waals surface area contributed by atoms with Crippen LogP contribution in [-0.4, -0.2) is 33.6 Å². The van der Waals surface area contributed by atoms with E-state index in [2.05, 4.69) is 20.3 Å². The zero-order chi connectivity index (χ0) is 18.1. The molecule has 2 aromatic rings. The van der Waals surface area contributed by atoms with Crippen molar-refractivity contribution in [3.8, 4) is 11.6 Å². The number of esters is 1. The zero-order valence-corrected chi connectivity index (χ0v) is 15.3. The number of rotatable bonds is 5. The van der Waals surface area contributed by atoms with Gasteiger partial charge in [0.05, 0.1) is 18.7 Å². The molecule has 2 atom stereocenters. The molecule has 0 aliphatic heterocycles. The van der Waals surface area contributed by atoms with Crippen molar-refractivity contribution in [3.63, 3.8) is 0 Å². The van der Waals surface area contributed by atoms with E-state index in [1.54, 1.807) is 12.3 Å². The van der Waals surface area contributed by atoms with Gasteiger partial charge in [-0.05, 0) is 56.0 Å². The number of fused-ring (bicyclic) bond motifs is 3. The van der Waals surface area contributed by atoms with Crippen molar-refractivity contribution in [2.24, 2.45) is 17.8 Å². The van der Waals surface area contributed by atoms with E-state index in [4.69, 9.17) is 20.8 Å². The highest BCUT2D eigenvalue weighted by Gasteiger charge is 2.48. The van der Waals surface area contributed by atoms with Crippen LogP contribution in [0.1, 0.15) is 32.6 Å². The number of hydrogen-bond donors (Lipinski definition) is 1. The van der Waals surface area contributed by atoms with Gasteiger partial charge >= 0.3 is 5.97 Å². The van der Waals surface area contributed by atoms with Crippen molar-refractivity contribution in [2.45, 2.75) is 38.6 Å². The van der Waals surface area contributed by atoms with Gasteiger partial charge in [0.1, 0.15) is 17.8 Å². The van der Waals surface area contributed by atoms with Crippen LogP contribution in [0.4, 0.5) is 5.82 Å². The van der Waals surface area contributed by atoms with E-state index < -0.39 is 0 Å². The van der Waals surface area contributed by atoms with Crippen molar-refractivity contribution in [1.29, 1.82) is 0 Å². The van der Waals surface area contributed by atoms with Gasteiger partial charge in [-0.2, -0.15) is 0 Å². The van der Waals surface area contributed by atoms with Crippen LogP contribution in [0.5, 0.6) is 0 Å². The first-order valence-electron chi connectivity index (χ1n) is 9.03. The fourth-order valence-electron chi connectivity index (χ4n) is 4.36. The highest BCUT2D eigenvalue weighted by atomic mass is 35.5. The summed E-state index contributed by atoms with van der Waals surface area (Å²) in [7, 11) is 0. The van der Waals surface area contributed by atoms with Gasteiger partial charge in [-0.15, -0.1) is 0 Å². The summed E-state index contributed by atoms with van der Waals surface area (Å²) in [4.78, 5) is 25.1. The smallest absolute Gasteiger partial charge is 0.311 e. The molecular formula is C18H21ClN4O3. The van der Waals surface area contributed by atoms with Crippen LogP contribution in [-0.2, 0) is 9.53 Å². The third-order valence-electron chi connectivity index (χ3n) is 5.44. The third-order valence-corrected chi connectivity index (χ3v) is 5.61. The summed E-state index contributed by atoms with van der Waals surface area (Å²) in [5.41, 5.74) is 0.506. The highest BCUT2D eigenvalue weighted by Crippen LogP contribution is 2.46. The molecule has 2 bridgehead atoms. The number of anilines is 1. The number of carbonyl (C=O) groups excluding carboxylic acids is 1. The minimum atomic E-state index is -0.152. The molecule has 1 N–H and O–H groups in total. The average Bonchev–Trinajstić information content (AvgIpc) is 3.17. The van der Waals surface area contributed by atoms with Crippen molar-refractivity contribution in [3.05, 3.63) is 23.8 Å². The van der Waals surface area contributed by atoms with E-state index in [0.29, 0.717) is 35.8 Å². The van der Waals surface area contributed by atoms with Crippen LogP contribution in [0.25, 0.3) is 11.6 Å². The van der Waals surface area contributed by atoms with Crippen LogP contribution in [0.3, 0.4) is 0 Å². The van der Waals surface area contributed by atoms with Crippen LogP contribution in [0, 0.1) is 17.8 Å². The summed E-state index contributed by atoms with van der Waals surface area (Å²) in [6.45, 7) is 2.24. The number of carbonyl (C=O) groups is 1. The minimum Gasteiger partial charge on any atom is -0.466 e. The lowest BCUT2D eigenvalue weighted by atomic mass is 9.61. The number of aromatic nitrogens is 3. The Morgan fingerprint density at radius 2 is 2.08 bits per heavy atom. The molecule has 2 aromatic heterocycles. The van der Waals surface area contributed by atoms with Gasteiger partial charge in [0.15, 0.2) is 0 Å². The molecule has 2 heterocycles. The Balaban J connectivity index is 1.61. The summed E-state index contributed by atoms with van der Waals surface area (Å²) in [6, 6.07) is 1.74. The predicted molar refractivity (Wildman–Crippen MR) is 95.5 cm³/mol. The first-order chi connectivity index (χ1) is 12.7. The molecule has 26 heavy (non-hydrogen) atoms. The van der Waals surface area contributed by atoms with E-state index in [1.165, 1.54) is 6.26 Å². The Hall–Kier alpha value is -2.15. The van der Waals surface area contributed by atoms with Crippen LogP contribution < -0.4 is 5.32 Å². The molecule has 0 saturated heterocycles. The van der Waals surface area contributed by atoms with Gasteiger partial charge < -0.3 is 14.5 Å². The van der Waals surface area contributed by atoms with Gasteiger partial charge in [0.2, 0.25) is 11.2 Å². The van der Waals surface area contributed by atoms with Crippen molar-refractivity contribution in [2.75, 3.05) is 11.9 Å². The van der Waals surface area contributed by atoms with E-state index >= 15 is 0 Å². The molecule has 3 aliphatic rings. The van der Waals surface area contributed by atoms with E-state index in [-0.39, 0.29) is 23.2 Å². The third kappa shape index (κ3) is 3.28. The number of nitrogens with one attached hydrogen (secondary N) is 1. The van der Waals surface area contributed by atoms with Gasteiger partial charge in [-0.25, -0.2) is 15.0 Å². The summed E-state index contributed by atoms with van der Waals surface area (Å²) in [5.74, 6) is 1.47. The Morgan fingerprint density at radius 3 is 2.77 bits per heavy atom. The van der Waals surface area contributed by atoms with Crippen molar-refractivity contribution < 1.29 is 13.9 Å². The SMILES string of the molecule is CCOC(=O)[C@@H]1C2CCC(CC2)[C@H]1Nc1cc(-c2ncco2)nc(Cl)n1. The quantitative estimate of drug-likeness (QED) is 0.630. The standard InChI is InChI=1S/C18H21ClN4O3/c1-2-25-17(24)14-10-3-5-11(6-4-10)15(14)22-13-9-12(21-18(19)23-13)16-20-7-8-26-16/h7-11,14-15H,2-6H2,1H3,(H,21,22,23)/t10?,11?,14-,15-/m1/s1. The molecule has 0 unspecified atom stereocenters. The molecule has 7 nitrogen and oxygen atoms in total. The van der Waals surface area contributed by atoms with Crippen molar-refractivity contribution >= 4 is 23.4 Å². The average molecular weight is 377 g/mol. The van der Waals surface area contributed by atoms with E-state index in [0.717, 1.165) is 25.7 Å². The second-order valence-electron chi connectivity index (χ2n) is 6.87. The largest absolute Gasteiger partial charge is 0.466 e. The highest BCUT2D eigenvalue weighted by molar-refractivity contribution is 6.28. The van der Waals surface area contributed by atoms with Gasteiger partial charge in [-0.3, -0.25) is 4.79 Å². The molecule has 3 fully saturated rings. The first kappa shape index (κ1) is 17.3. The number of nitrogens with zero attached hydrogens (tertiary/aromatic N) is 3. The van der Waals surface area contributed by atoms with Gasteiger partial charge in [0.25, 0.3) is 0 Å². The maximum absolute atomic E-state index is 12.6. The predicted octanol–water partition coefficient (Wildman–Crippen LogP) is 3.56. The second kappa shape index (κ2) is 7.23. The molecule has 138 valence electrons. The number of ether oxygens (including phenoxy) is 1. The van der Waals surface area contributed by atoms with E-state index in [1.807, 2.05) is 6.92 Å². The summed E-state index contributed by atoms with van der Waals surface area (Å²) in [5, 5.41) is 3.55. The number of oxazole rings is 1. The zero-order valence-electron chi connectivity index (χ0n) is 14.5. The molecule has 5 rings (SSSR count). The monoisotopic (exact) mass is 376 g/mol. The van der Waals surface area contributed by atoms with Crippen LogP contribution in [0.15, 0.2) is 22.9 Å². The molecule has 8 heteroatoms. The number of halogens is 1. The molecule has 0 amide bonds. The lowest BCUT2D eigenvalue weighted by Gasteiger charge is -2.47. The fourth-order valence-corrected chi connectivity index (χ4v) is 4.54. The van der Waals surface area contributed by atoms with Crippen LogP contribution in [0.2, 0.25) is 5.28 Å². The lowest BCUT2D eigenvalue weighted by Crippen LogP contribution is -2.52. The Morgan fingerprint density at radius 1 is 1.31 bits per heavy atom. The Labute approximate surface area is 156 Å². The molecular weight excluding hydrogens is 356 g/mol. The topological polar surface area (TPSA) is 90.1 Å². The minimum absolute atomic E-state index is 0.00933. The van der Waals surface area contributed by atoms with E-state index in [9.17, 15) is 4.79 Å². The van der Waals surface area contributed by atoms with Crippen LogP contribution >= 0.6 is 11.6 Å². The summed E-state index contributed by atoms with van der Waals surface area (Å²) in [6.07, 6.45) is 7.43. The second-order valence-corrected chi connectivity index (χ2v) is 7.21. The Bertz CT molecular complexity index is 775. The Kier molecular flexibility index (Phi) is 4.80. The van der Waals surface area contributed by atoms with Gasteiger partial charge in [-0.1, -0.05) is 0 Å². The number of hydrogen-bond acceptors (Lipinski definition) is 7. The molecule has 0 spiro atoms. The van der Waals surface area contributed by atoms with Gasteiger partial charge in [0, 0.05) is 12.1 Å². The maximum atomic E-state index is 12.6. The summed E-state index contributed by atoms with van der Waals surface area (Å²) >= 11 is 6.09. The first-order valence-corrected chi connectivity index (χ1v) is 9.41. The molecule has 3 saturated carbocycles. The molecule has 0 radical (unpaired) electrons. The molecule has 3 aliphatic carbocycles. The molecule has 0 aromatic carbocycles. The lowest BCUT2D eigenvalue weighted by molar-refractivity contribution is -0.154. The van der Waals surface area contributed by atoms with Crippen molar-refractivity contribution in [1.82, 2.24) is 15.0 Å².